The molecular weight excluding hydrogens is 206 g/mol. The summed E-state index contributed by atoms with van der Waals surface area (Å²) in [5.74, 6) is 0. The van der Waals surface area contributed by atoms with Gasteiger partial charge < -0.3 is 15.3 Å². The predicted molar refractivity (Wildman–Crippen MR) is 51.9 cm³/mol. The van der Waals surface area contributed by atoms with Gasteiger partial charge in [-0.1, -0.05) is 11.6 Å². The average Bonchev–Trinajstić information content (AvgIpc) is 2.17. The molecular formula is C9H12ClNO3. The number of aliphatic hydroxyl groups excluding tert-OH is 3. The van der Waals surface area contributed by atoms with Crippen molar-refractivity contribution in [2.45, 2.75) is 18.6 Å². The summed E-state index contributed by atoms with van der Waals surface area (Å²) >= 11 is 5.62. The first kappa shape index (κ1) is 11.4. The maximum Gasteiger partial charge on any atom is 0.129 e. The van der Waals surface area contributed by atoms with Crippen LogP contribution in [0.15, 0.2) is 18.3 Å². The Balaban J connectivity index is 2.73. The summed E-state index contributed by atoms with van der Waals surface area (Å²) in [6.07, 6.45) is -0.450. The van der Waals surface area contributed by atoms with E-state index in [1.807, 2.05) is 0 Å². The Hall–Kier alpha value is -0.680. The van der Waals surface area contributed by atoms with Crippen molar-refractivity contribution < 1.29 is 15.3 Å². The lowest BCUT2D eigenvalue weighted by atomic mass is 10.0. The van der Waals surface area contributed by atoms with Crippen molar-refractivity contribution in [2.75, 3.05) is 6.61 Å². The Bertz CT molecular complexity index is 295. The van der Waals surface area contributed by atoms with Gasteiger partial charge in [0.05, 0.1) is 6.10 Å². The summed E-state index contributed by atoms with van der Waals surface area (Å²) in [5, 5.41) is 27.8. The molecule has 78 valence electrons. The van der Waals surface area contributed by atoms with Crippen LogP contribution in [0.2, 0.25) is 5.15 Å². The molecule has 0 radical (unpaired) electrons. The smallest absolute Gasteiger partial charge is 0.129 e. The van der Waals surface area contributed by atoms with E-state index >= 15 is 0 Å². The summed E-state index contributed by atoms with van der Waals surface area (Å²) in [5.41, 5.74) is 0.492. The first-order valence-corrected chi connectivity index (χ1v) is 4.61. The van der Waals surface area contributed by atoms with E-state index in [0.29, 0.717) is 5.56 Å². The number of hydrogen-bond acceptors (Lipinski definition) is 4. The normalized spacial score (nSPS) is 15.1. The van der Waals surface area contributed by atoms with Gasteiger partial charge in [-0.05, 0) is 24.1 Å². The zero-order chi connectivity index (χ0) is 10.6. The van der Waals surface area contributed by atoms with Crippen molar-refractivity contribution in [2.24, 2.45) is 0 Å². The molecule has 14 heavy (non-hydrogen) atoms. The zero-order valence-electron chi connectivity index (χ0n) is 7.47. The Morgan fingerprint density at radius 1 is 1.43 bits per heavy atom. The van der Waals surface area contributed by atoms with E-state index in [2.05, 4.69) is 4.98 Å². The quantitative estimate of drug-likeness (QED) is 0.643. The molecule has 0 aliphatic heterocycles. The maximum absolute atomic E-state index is 9.60. The number of halogens is 1. The van der Waals surface area contributed by atoms with Crippen molar-refractivity contribution in [3.8, 4) is 0 Å². The minimum atomic E-state index is -1.04. The summed E-state index contributed by atoms with van der Waals surface area (Å²) in [6.45, 7) is -0.170. The van der Waals surface area contributed by atoms with Gasteiger partial charge in [-0.3, -0.25) is 0 Å². The molecule has 2 atom stereocenters. The van der Waals surface area contributed by atoms with Gasteiger partial charge in [-0.2, -0.15) is 0 Å². The molecule has 1 rings (SSSR count). The highest BCUT2D eigenvalue weighted by molar-refractivity contribution is 6.29. The summed E-state index contributed by atoms with van der Waals surface area (Å²) < 4.78 is 0. The molecule has 0 spiro atoms. The maximum atomic E-state index is 9.60. The molecule has 0 amide bonds. The molecule has 0 saturated carbocycles. The molecule has 0 fully saturated rings. The molecule has 4 nitrogen and oxygen atoms in total. The van der Waals surface area contributed by atoms with Crippen LogP contribution in [0.4, 0.5) is 0 Å². The molecule has 3 N–H and O–H groups in total. The molecule has 2 unspecified atom stereocenters. The Labute approximate surface area is 86.8 Å². The Morgan fingerprint density at radius 2 is 2.14 bits per heavy atom. The fourth-order valence-electron chi connectivity index (χ4n) is 1.11. The van der Waals surface area contributed by atoms with Crippen LogP contribution in [0.25, 0.3) is 0 Å². The monoisotopic (exact) mass is 217 g/mol. The summed E-state index contributed by atoms with van der Waals surface area (Å²) in [7, 11) is 0. The second-order valence-electron chi connectivity index (χ2n) is 2.94. The van der Waals surface area contributed by atoms with Crippen LogP contribution in [-0.4, -0.2) is 33.0 Å². The topological polar surface area (TPSA) is 73.6 Å². The van der Waals surface area contributed by atoms with Crippen LogP contribution in [0.5, 0.6) is 0 Å². The molecule has 0 aliphatic carbocycles. The lowest BCUT2D eigenvalue weighted by molar-refractivity contribution is 0.00418. The van der Waals surface area contributed by atoms with Gasteiger partial charge in [-0.15, -0.1) is 0 Å². The minimum Gasteiger partial charge on any atom is -0.396 e. The number of aromatic nitrogens is 1. The van der Waals surface area contributed by atoms with Crippen LogP contribution in [0.1, 0.15) is 18.1 Å². The molecule has 0 aromatic carbocycles. The SMILES string of the molecule is OCCC(O)C(O)c1ccnc(Cl)c1. The largest absolute Gasteiger partial charge is 0.396 e. The molecule has 1 aromatic rings. The average molecular weight is 218 g/mol. The number of aliphatic hydroxyl groups is 3. The lowest BCUT2D eigenvalue weighted by Crippen LogP contribution is -2.19. The Morgan fingerprint density at radius 3 is 2.71 bits per heavy atom. The van der Waals surface area contributed by atoms with E-state index in [-0.39, 0.29) is 18.2 Å². The van der Waals surface area contributed by atoms with E-state index in [1.54, 1.807) is 6.07 Å². The minimum absolute atomic E-state index is 0.126. The zero-order valence-corrected chi connectivity index (χ0v) is 8.22. The van der Waals surface area contributed by atoms with Crippen molar-refractivity contribution >= 4 is 11.6 Å². The van der Waals surface area contributed by atoms with E-state index in [0.717, 1.165) is 0 Å². The van der Waals surface area contributed by atoms with Gasteiger partial charge in [0.15, 0.2) is 0 Å². The molecule has 1 heterocycles. The fourth-order valence-corrected chi connectivity index (χ4v) is 1.30. The Kier molecular flexibility index (Phi) is 4.28. The highest BCUT2D eigenvalue weighted by atomic mass is 35.5. The third kappa shape index (κ3) is 2.92. The van der Waals surface area contributed by atoms with E-state index in [4.69, 9.17) is 16.7 Å². The van der Waals surface area contributed by atoms with Gasteiger partial charge in [0, 0.05) is 12.8 Å². The predicted octanol–water partition coefficient (Wildman–Crippen LogP) is 0.512. The molecule has 0 aliphatic rings. The number of hydrogen-bond donors (Lipinski definition) is 3. The highest BCUT2D eigenvalue weighted by Crippen LogP contribution is 2.20. The van der Waals surface area contributed by atoms with Crippen molar-refractivity contribution in [3.63, 3.8) is 0 Å². The molecule has 1 aromatic heterocycles. The van der Waals surface area contributed by atoms with Crippen LogP contribution in [-0.2, 0) is 0 Å². The van der Waals surface area contributed by atoms with E-state index in [1.165, 1.54) is 12.3 Å². The van der Waals surface area contributed by atoms with Crippen molar-refractivity contribution in [3.05, 3.63) is 29.0 Å². The van der Waals surface area contributed by atoms with Gasteiger partial charge >= 0.3 is 0 Å². The van der Waals surface area contributed by atoms with Crippen LogP contribution in [0, 0.1) is 0 Å². The van der Waals surface area contributed by atoms with Gasteiger partial charge in [-0.25, -0.2) is 4.98 Å². The van der Waals surface area contributed by atoms with Crippen LogP contribution < -0.4 is 0 Å². The summed E-state index contributed by atoms with van der Waals surface area (Å²) in [4.78, 5) is 3.75. The van der Waals surface area contributed by atoms with Crippen LogP contribution in [0.3, 0.4) is 0 Å². The number of pyridine rings is 1. The number of rotatable bonds is 4. The molecule has 0 saturated heterocycles. The van der Waals surface area contributed by atoms with Crippen LogP contribution >= 0.6 is 11.6 Å². The van der Waals surface area contributed by atoms with Crippen molar-refractivity contribution in [1.82, 2.24) is 4.98 Å². The standard InChI is InChI=1S/C9H12ClNO3/c10-8-5-6(1-3-11-8)9(14)7(13)2-4-12/h1,3,5,7,9,12-14H,2,4H2. The van der Waals surface area contributed by atoms with Gasteiger partial charge in [0.2, 0.25) is 0 Å². The van der Waals surface area contributed by atoms with Crippen molar-refractivity contribution in [1.29, 1.82) is 0 Å². The lowest BCUT2D eigenvalue weighted by Gasteiger charge is -2.16. The molecule has 0 bridgehead atoms. The number of nitrogens with zero attached hydrogens (tertiary/aromatic N) is 1. The molecule has 5 heteroatoms. The third-order valence-corrected chi connectivity index (χ3v) is 2.09. The fraction of sp³-hybridized carbons (Fsp3) is 0.444. The van der Waals surface area contributed by atoms with Gasteiger partial charge in [0.1, 0.15) is 11.3 Å². The third-order valence-electron chi connectivity index (χ3n) is 1.88. The first-order chi connectivity index (χ1) is 6.65. The second-order valence-corrected chi connectivity index (χ2v) is 3.32. The first-order valence-electron chi connectivity index (χ1n) is 4.23. The van der Waals surface area contributed by atoms with E-state index in [9.17, 15) is 10.2 Å². The van der Waals surface area contributed by atoms with Gasteiger partial charge in [0.25, 0.3) is 0 Å². The summed E-state index contributed by atoms with van der Waals surface area (Å²) in [6, 6.07) is 3.05. The van der Waals surface area contributed by atoms with E-state index < -0.39 is 12.2 Å². The second kappa shape index (κ2) is 5.26. The highest BCUT2D eigenvalue weighted by Gasteiger charge is 2.17.